The number of H-pyrrole nitrogens is 1. The number of fused-ring (bicyclic) bond motifs is 1. The van der Waals surface area contributed by atoms with E-state index in [-0.39, 0.29) is 0 Å². The number of benzene rings is 1. The van der Waals surface area contributed by atoms with E-state index in [9.17, 15) is 4.79 Å². The molecule has 5 heteroatoms. The summed E-state index contributed by atoms with van der Waals surface area (Å²) in [5, 5.41) is 1.07. The summed E-state index contributed by atoms with van der Waals surface area (Å²) in [6, 6.07) is 7.15. The van der Waals surface area contributed by atoms with E-state index in [1.165, 1.54) is 0 Å². The predicted molar refractivity (Wildman–Crippen MR) is 74.3 cm³/mol. The first kappa shape index (κ1) is 13.6. The molecule has 19 heavy (non-hydrogen) atoms. The molecule has 0 saturated heterocycles. The lowest BCUT2D eigenvalue weighted by molar-refractivity contribution is -0.157. The van der Waals surface area contributed by atoms with Gasteiger partial charge >= 0.3 is 5.97 Å². The third kappa shape index (κ3) is 3.33. The standard InChI is InChI=1S/C14H19N3O2/c1-14(2,16)19-13(18)11(15)7-9-8-17-12-6-4-3-5-10(9)12/h3-6,8,11,17H,7,15-16H2,1-2H3/t11-/m0/s1. The molecule has 0 unspecified atom stereocenters. The number of carbonyl (C=O) groups excluding carboxylic acids is 1. The van der Waals surface area contributed by atoms with Crippen molar-refractivity contribution < 1.29 is 9.53 Å². The Morgan fingerprint density at radius 3 is 2.79 bits per heavy atom. The third-order valence-electron chi connectivity index (χ3n) is 2.78. The molecule has 0 bridgehead atoms. The molecule has 0 amide bonds. The van der Waals surface area contributed by atoms with Crippen LogP contribution in [-0.2, 0) is 16.0 Å². The zero-order chi connectivity index (χ0) is 14.0. The van der Waals surface area contributed by atoms with Crippen molar-refractivity contribution in [1.29, 1.82) is 0 Å². The largest absolute Gasteiger partial charge is 0.444 e. The molecule has 0 fully saturated rings. The Morgan fingerprint density at radius 1 is 1.42 bits per heavy atom. The van der Waals surface area contributed by atoms with E-state index >= 15 is 0 Å². The zero-order valence-electron chi connectivity index (χ0n) is 11.1. The average Bonchev–Trinajstić information content (AvgIpc) is 2.70. The molecule has 0 aliphatic rings. The molecule has 0 radical (unpaired) electrons. The van der Waals surface area contributed by atoms with Gasteiger partial charge in [0, 0.05) is 23.5 Å². The van der Waals surface area contributed by atoms with Gasteiger partial charge in [0.1, 0.15) is 6.04 Å². The lowest BCUT2D eigenvalue weighted by Crippen LogP contribution is -2.44. The number of aromatic nitrogens is 1. The molecule has 2 aromatic rings. The average molecular weight is 261 g/mol. The first-order valence-electron chi connectivity index (χ1n) is 6.19. The van der Waals surface area contributed by atoms with Gasteiger partial charge < -0.3 is 15.5 Å². The summed E-state index contributed by atoms with van der Waals surface area (Å²) >= 11 is 0. The van der Waals surface area contributed by atoms with Crippen molar-refractivity contribution in [2.24, 2.45) is 11.5 Å². The van der Waals surface area contributed by atoms with Crippen molar-refractivity contribution in [3.8, 4) is 0 Å². The lowest BCUT2D eigenvalue weighted by Gasteiger charge is -2.21. The van der Waals surface area contributed by atoms with Crippen LogP contribution in [0.1, 0.15) is 19.4 Å². The van der Waals surface area contributed by atoms with Crippen LogP contribution in [0.3, 0.4) is 0 Å². The fourth-order valence-corrected chi connectivity index (χ4v) is 1.96. The van der Waals surface area contributed by atoms with Crippen LogP contribution in [-0.4, -0.2) is 22.7 Å². The Kier molecular flexibility index (Phi) is 3.59. The van der Waals surface area contributed by atoms with Crippen LogP contribution in [0.25, 0.3) is 10.9 Å². The molecule has 1 heterocycles. The van der Waals surface area contributed by atoms with Gasteiger partial charge in [-0.1, -0.05) is 18.2 Å². The Labute approximate surface area is 111 Å². The van der Waals surface area contributed by atoms with Gasteiger partial charge in [0.2, 0.25) is 0 Å². The van der Waals surface area contributed by atoms with Crippen LogP contribution in [0.4, 0.5) is 0 Å². The number of esters is 1. The molecule has 0 aliphatic heterocycles. The Balaban J connectivity index is 2.10. The Hall–Kier alpha value is -1.85. The number of aromatic amines is 1. The molecule has 2 rings (SSSR count). The number of carbonyl (C=O) groups is 1. The summed E-state index contributed by atoms with van der Waals surface area (Å²) in [6.45, 7) is 3.23. The van der Waals surface area contributed by atoms with Gasteiger partial charge in [-0.3, -0.25) is 10.5 Å². The SMILES string of the molecule is CC(C)(N)OC(=O)[C@@H](N)Cc1c[nH]c2ccccc12. The van der Waals surface area contributed by atoms with Crippen molar-refractivity contribution in [3.63, 3.8) is 0 Å². The number of ether oxygens (including phenoxy) is 1. The minimum Gasteiger partial charge on any atom is -0.444 e. The number of hydrogen-bond donors (Lipinski definition) is 3. The highest BCUT2D eigenvalue weighted by atomic mass is 16.6. The van der Waals surface area contributed by atoms with E-state index in [2.05, 4.69) is 4.98 Å². The first-order chi connectivity index (χ1) is 8.87. The van der Waals surface area contributed by atoms with E-state index in [0.717, 1.165) is 16.5 Å². The van der Waals surface area contributed by atoms with E-state index in [4.69, 9.17) is 16.2 Å². The maximum Gasteiger partial charge on any atom is 0.324 e. The zero-order valence-corrected chi connectivity index (χ0v) is 11.1. The van der Waals surface area contributed by atoms with E-state index < -0.39 is 17.7 Å². The van der Waals surface area contributed by atoms with Gasteiger partial charge in [-0.25, -0.2) is 0 Å². The second-order valence-corrected chi connectivity index (χ2v) is 5.19. The molecule has 5 nitrogen and oxygen atoms in total. The lowest BCUT2D eigenvalue weighted by atomic mass is 10.1. The van der Waals surface area contributed by atoms with Gasteiger partial charge in [0.05, 0.1) is 0 Å². The van der Waals surface area contributed by atoms with Crippen molar-refractivity contribution in [2.75, 3.05) is 0 Å². The maximum absolute atomic E-state index is 11.8. The number of para-hydroxylation sites is 1. The molecule has 1 atom stereocenters. The summed E-state index contributed by atoms with van der Waals surface area (Å²) in [6.07, 6.45) is 2.28. The normalized spacial score (nSPS) is 13.5. The van der Waals surface area contributed by atoms with E-state index in [1.807, 2.05) is 30.5 Å². The molecule has 0 spiro atoms. The quantitative estimate of drug-likeness (QED) is 0.570. The second-order valence-electron chi connectivity index (χ2n) is 5.19. The summed E-state index contributed by atoms with van der Waals surface area (Å²) in [7, 11) is 0. The Bertz CT molecular complexity index is 584. The fraction of sp³-hybridized carbons (Fsp3) is 0.357. The van der Waals surface area contributed by atoms with Crippen molar-refractivity contribution >= 4 is 16.9 Å². The van der Waals surface area contributed by atoms with Gasteiger partial charge in [-0.05, 0) is 25.5 Å². The molecular weight excluding hydrogens is 242 g/mol. The molecule has 102 valence electrons. The van der Waals surface area contributed by atoms with Gasteiger partial charge in [-0.15, -0.1) is 0 Å². The van der Waals surface area contributed by atoms with Crippen LogP contribution in [0.15, 0.2) is 30.5 Å². The third-order valence-corrected chi connectivity index (χ3v) is 2.78. The van der Waals surface area contributed by atoms with Crippen LogP contribution >= 0.6 is 0 Å². The van der Waals surface area contributed by atoms with Gasteiger partial charge in [0.25, 0.3) is 0 Å². The smallest absolute Gasteiger partial charge is 0.324 e. The predicted octanol–water partition coefficient (Wildman–Crippen LogP) is 1.28. The van der Waals surface area contributed by atoms with Crippen molar-refractivity contribution in [1.82, 2.24) is 4.98 Å². The topological polar surface area (TPSA) is 94.1 Å². The summed E-state index contributed by atoms with van der Waals surface area (Å²) in [5.41, 5.74) is 12.5. The number of rotatable bonds is 4. The highest BCUT2D eigenvalue weighted by molar-refractivity contribution is 5.84. The van der Waals surface area contributed by atoms with Crippen LogP contribution in [0, 0.1) is 0 Å². The molecule has 1 aromatic carbocycles. The summed E-state index contributed by atoms with van der Waals surface area (Å²) < 4.78 is 5.06. The Morgan fingerprint density at radius 2 is 2.11 bits per heavy atom. The maximum atomic E-state index is 11.8. The van der Waals surface area contributed by atoms with Gasteiger partial charge in [-0.2, -0.15) is 0 Å². The highest BCUT2D eigenvalue weighted by Gasteiger charge is 2.23. The van der Waals surface area contributed by atoms with Crippen LogP contribution in [0.2, 0.25) is 0 Å². The number of nitrogens with one attached hydrogen (secondary N) is 1. The van der Waals surface area contributed by atoms with E-state index in [0.29, 0.717) is 6.42 Å². The molecular formula is C14H19N3O2. The first-order valence-corrected chi connectivity index (χ1v) is 6.19. The molecule has 5 N–H and O–H groups in total. The summed E-state index contributed by atoms with van der Waals surface area (Å²) in [5.74, 6) is -0.488. The van der Waals surface area contributed by atoms with E-state index in [1.54, 1.807) is 13.8 Å². The van der Waals surface area contributed by atoms with Crippen molar-refractivity contribution in [2.45, 2.75) is 32.0 Å². The van der Waals surface area contributed by atoms with Gasteiger partial charge in [0.15, 0.2) is 5.72 Å². The fourth-order valence-electron chi connectivity index (χ4n) is 1.96. The highest BCUT2D eigenvalue weighted by Crippen LogP contribution is 2.19. The number of nitrogens with two attached hydrogens (primary N) is 2. The second kappa shape index (κ2) is 5.03. The number of hydrogen-bond acceptors (Lipinski definition) is 4. The molecule has 0 saturated carbocycles. The van der Waals surface area contributed by atoms with Crippen LogP contribution in [0.5, 0.6) is 0 Å². The minimum absolute atomic E-state index is 0.416. The molecule has 0 aliphatic carbocycles. The van der Waals surface area contributed by atoms with Crippen LogP contribution < -0.4 is 11.5 Å². The minimum atomic E-state index is -1.01. The summed E-state index contributed by atoms with van der Waals surface area (Å²) in [4.78, 5) is 14.9. The monoisotopic (exact) mass is 261 g/mol. The van der Waals surface area contributed by atoms with Crippen molar-refractivity contribution in [3.05, 3.63) is 36.0 Å². The molecule has 1 aromatic heterocycles.